The first-order valence-corrected chi connectivity index (χ1v) is 7.49. The van der Waals surface area contributed by atoms with Crippen LogP contribution in [0.3, 0.4) is 0 Å². The normalized spacial score (nSPS) is 31.3. The van der Waals surface area contributed by atoms with E-state index in [2.05, 4.69) is 35.0 Å². The second kappa shape index (κ2) is 5.04. The van der Waals surface area contributed by atoms with Crippen LogP contribution in [-0.4, -0.2) is 22.6 Å². The fourth-order valence-electron chi connectivity index (χ4n) is 3.77. The average Bonchev–Trinajstić information content (AvgIpc) is 2.79. The summed E-state index contributed by atoms with van der Waals surface area (Å²) in [5.74, 6) is 4.28. The lowest BCUT2D eigenvalue weighted by Crippen LogP contribution is -2.35. The summed E-state index contributed by atoms with van der Waals surface area (Å²) in [7, 11) is 2.11. The Hall–Kier alpha value is -0.830. The highest BCUT2D eigenvalue weighted by Gasteiger charge is 2.47. The molecule has 0 radical (unpaired) electrons. The number of nitrogens with one attached hydrogen (secondary N) is 1. The predicted octanol–water partition coefficient (Wildman–Crippen LogP) is 2.47. The summed E-state index contributed by atoms with van der Waals surface area (Å²) < 4.78 is 2.32. The van der Waals surface area contributed by atoms with Gasteiger partial charge in [0.2, 0.25) is 0 Å². The predicted molar refractivity (Wildman–Crippen MR) is 73.4 cm³/mol. The number of aromatic nitrogens is 2. The lowest BCUT2D eigenvalue weighted by molar-refractivity contribution is 0.341. The van der Waals surface area contributed by atoms with Crippen molar-refractivity contribution in [1.29, 1.82) is 0 Å². The molecule has 1 aromatic rings. The molecule has 0 aliphatic heterocycles. The van der Waals surface area contributed by atoms with Crippen molar-refractivity contribution in [2.45, 2.75) is 51.6 Å². The number of aryl methyl sites for hydroxylation is 1. The molecule has 2 aliphatic rings. The van der Waals surface area contributed by atoms with E-state index in [1.807, 2.05) is 6.20 Å². The van der Waals surface area contributed by atoms with Gasteiger partial charge in [-0.2, -0.15) is 0 Å². The Balaban J connectivity index is 1.63. The molecule has 2 saturated carbocycles. The highest BCUT2D eigenvalue weighted by atomic mass is 15.1. The molecular formula is C15H25N3. The molecule has 1 N–H and O–H groups in total. The molecule has 3 rings (SSSR count). The monoisotopic (exact) mass is 247 g/mol. The minimum absolute atomic E-state index is 0.621. The first-order valence-electron chi connectivity index (χ1n) is 7.49. The van der Waals surface area contributed by atoms with Crippen molar-refractivity contribution in [2.24, 2.45) is 17.8 Å². The van der Waals surface area contributed by atoms with Gasteiger partial charge in [-0.1, -0.05) is 6.92 Å². The second-order valence-corrected chi connectivity index (χ2v) is 6.12. The zero-order valence-electron chi connectivity index (χ0n) is 11.6. The molecule has 0 aromatic carbocycles. The summed E-state index contributed by atoms with van der Waals surface area (Å²) in [5, 5.41) is 3.54. The third-order valence-electron chi connectivity index (χ3n) is 4.89. The Kier molecular flexibility index (Phi) is 3.42. The third kappa shape index (κ3) is 2.33. The molecule has 100 valence electrons. The highest BCUT2D eigenvalue weighted by Crippen LogP contribution is 2.55. The molecule has 3 unspecified atom stereocenters. The fourth-order valence-corrected chi connectivity index (χ4v) is 3.77. The smallest absolute Gasteiger partial charge is 0.110 e. The van der Waals surface area contributed by atoms with E-state index in [-0.39, 0.29) is 0 Å². The van der Waals surface area contributed by atoms with Gasteiger partial charge in [0.1, 0.15) is 5.82 Å². The van der Waals surface area contributed by atoms with E-state index in [9.17, 15) is 0 Å². The van der Waals surface area contributed by atoms with Gasteiger partial charge in [0.05, 0.1) is 0 Å². The van der Waals surface area contributed by atoms with Crippen molar-refractivity contribution in [2.75, 3.05) is 7.05 Å². The summed E-state index contributed by atoms with van der Waals surface area (Å²) in [6.45, 7) is 3.32. The number of nitrogens with zero attached hydrogens (tertiary/aromatic N) is 2. The van der Waals surface area contributed by atoms with Gasteiger partial charge in [-0.3, -0.25) is 0 Å². The summed E-state index contributed by atoms with van der Waals surface area (Å²) >= 11 is 0. The van der Waals surface area contributed by atoms with Crippen LogP contribution in [0.4, 0.5) is 0 Å². The van der Waals surface area contributed by atoms with Crippen LogP contribution in [0.2, 0.25) is 0 Å². The van der Waals surface area contributed by atoms with Crippen molar-refractivity contribution in [3.63, 3.8) is 0 Å². The number of rotatable bonds is 6. The van der Waals surface area contributed by atoms with Crippen LogP contribution in [-0.2, 0) is 13.0 Å². The van der Waals surface area contributed by atoms with Crippen LogP contribution >= 0.6 is 0 Å². The maximum Gasteiger partial charge on any atom is 0.110 e. The fraction of sp³-hybridized carbons (Fsp3) is 0.800. The standard InChI is InChI=1S/C15H25N3/c1-3-5-18-6-4-17-15(18)10-14(16-2)13-8-11-7-12(11)9-13/h4,6,11-14,16H,3,5,7-10H2,1-2H3. The molecule has 0 amide bonds. The van der Waals surface area contributed by atoms with Crippen molar-refractivity contribution >= 4 is 0 Å². The summed E-state index contributed by atoms with van der Waals surface area (Å²) in [6.07, 6.45) is 10.8. The van der Waals surface area contributed by atoms with E-state index in [0.717, 1.165) is 30.7 Å². The van der Waals surface area contributed by atoms with Crippen molar-refractivity contribution in [1.82, 2.24) is 14.9 Å². The van der Waals surface area contributed by atoms with Crippen molar-refractivity contribution in [3.05, 3.63) is 18.2 Å². The maximum absolute atomic E-state index is 4.55. The maximum atomic E-state index is 4.55. The summed E-state index contributed by atoms with van der Waals surface area (Å²) in [5.41, 5.74) is 0. The van der Waals surface area contributed by atoms with E-state index < -0.39 is 0 Å². The molecule has 2 fully saturated rings. The van der Waals surface area contributed by atoms with E-state index in [4.69, 9.17) is 0 Å². The number of hydrogen-bond donors (Lipinski definition) is 1. The largest absolute Gasteiger partial charge is 0.335 e. The number of fused-ring (bicyclic) bond motifs is 1. The molecule has 0 spiro atoms. The second-order valence-electron chi connectivity index (χ2n) is 6.12. The summed E-state index contributed by atoms with van der Waals surface area (Å²) in [6, 6.07) is 0.621. The van der Waals surface area contributed by atoms with Gasteiger partial charge < -0.3 is 9.88 Å². The van der Waals surface area contributed by atoms with Crippen LogP contribution in [0.5, 0.6) is 0 Å². The van der Waals surface area contributed by atoms with E-state index in [0.29, 0.717) is 6.04 Å². The molecule has 3 heteroatoms. The van der Waals surface area contributed by atoms with Gasteiger partial charge in [-0.15, -0.1) is 0 Å². The van der Waals surface area contributed by atoms with Gasteiger partial charge in [-0.05, 0) is 50.5 Å². The first-order chi connectivity index (χ1) is 8.81. The Bertz CT molecular complexity index is 388. The SMILES string of the molecule is CCCn1ccnc1CC(NC)C1CC2CC2C1. The molecule has 1 heterocycles. The topological polar surface area (TPSA) is 29.9 Å². The zero-order chi connectivity index (χ0) is 12.5. The molecule has 3 nitrogen and oxygen atoms in total. The molecule has 1 aromatic heterocycles. The van der Waals surface area contributed by atoms with E-state index in [1.165, 1.54) is 31.5 Å². The van der Waals surface area contributed by atoms with Crippen molar-refractivity contribution in [3.8, 4) is 0 Å². The van der Waals surface area contributed by atoms with Gasteiger partial charge >= 0.3 is 0 Å². The lowest BCUT2D eigenvalue weighted by Gasteiger charge is -2.24. The highest BCUT2D eigenvalue weighted by molar-refractivity contribution is 5.03. The van der Waals surface area contributed by atoms with Crippen LogP contribution in [0, 0.1) is 17.8 Å². The zero-order valence-corrected chi connectivity index (χ0v) is 11.6. The van der Waals surface area contributed by atoms with Crippen LogP contribution in [0.15, 0.2) is 12.4 Å². The van der Waals surface area contributed by atoms with Gasteiger partial charge in [-0.25, -0.2) is 4.98 Å². The molecule has 18 heavy (non-hydrogen) atoms. The third-order valence-corrected chi connectivity index (χ3v) is 4.89. The van der Waals surface area contributed by atoms with E-state index in [1.54, 1.807) is 0 Å². The molecule has 2 aliphatic carbocycles. The Morgan fingerprint density at radius 2 is 2.17 bits per heavy atom. The van der Waals surface area contributed by atoms with Crippen LogP contribution < -0.4 is 5.32 Å². The number of likely N-dealkylation sites (N-methyl/N-ethyl adjacent to an activating group) is 1. The average molecular weight is 247 g/mol. The Labute approximate surface area is 110 Å². The van der Waals surface area contributed by atoms with Crippen LogP contribution in [0.25, 0.3) is 0 Å². The van der Waals surface area contributed by atoms with Gasteiger partial charge in [0.25, 0.3) is 0 Å². The first kappa shape index (κ1) is 12.2. The molecule has 3 atom stereocenters. The Morgan fingerprint density at radius 3 is 2.83 bits per heavy atom. The lowest BCUT2D eigenvalue weighted by atomic mass is 9.92. The molecule has 0 bridgehead atoms. The minimum Gasteiger partial charge on any atom is -0.335 e. The van der Waals surface area contributed by atoms with Crippen molar-refractivity contribution < 1.29 is 0 Å². The molecular weight excluding hydrogens is 222 g/mol. The minimum atomic E-state index is 0.621. The molecule has 0 saturated heterocycles. The quantitative estimate of drug-likeness (QED) is 0.837. The van der Waals surface area contributed by atoms with E-state index >= 15 is 0 Å². The Morgan fingerprint density at radius 1 is 1.39 bits per heavy atom. The van der Waals surface area contributed by atoms with Gasteiger partial charge in [0, 0.05) is 31.4 Å². The van der Waals surface area contributed by atoms with Crippen LogP contribution in [0.1, 0.15) is 38.4 Å². The number of hydrogen-bond acceptors (Lipinski definition) is 2. The summed E-state index contributed by atoms with van der Waals surface area (Å²) in [4.78, 5) is 4.55. The van der Waals surface area contributed by atoms with Gasteiger partial charge in [0.15, 0.2) is 0 Å². The number of imidazole rings is 1.